The number of Topliss-reactive ketones (excluding diaryl/α,β-unsaturated/α-hetero) is 3. The summed E-state index contributed by atoms with van der Waals surface area (Å²) in [5.41, 5.74) is 3.19. The van der Waals surface area contributed by atoms with Gasteiger partial charge in [0.05, 0.1) is 0 Å². The summed E-state index contributed by atoms with van der Waals surface area (Å²) in [5.74, 6) is -1.83. The minimum atomic E-state index is -1.05. The molecule has 1 aliphatic rings. The molecule has 1 fully saturated rings. The van der Waals surface area contributed by atoms with Crippen LogP contribution in [0.1, 0.15) is 41.9 Å². The molecule has 0 unspecified atom stereocenters. The Balaban J connectivity index is 1.64. The average molecular weight is 334 g/mol. The number of ketones is 3. The van der Waals surface area contributed by atoms with E-state index in [9.17, 15) is 14.4 Å². The SMILES string of the molecule is Cc1ccc(C2CC(=O)C(C(=O)CCc3ccccc3)C(=O)C2)cc1. The first-order valence-corrected chi connectivity index (χ1v) is 8.73. The Morgan fingerprint density at radius 2 is 1.52 bits per heavy atom. The molecule has 0 bridgehead atoms. The van der Waals surface area contributed by atoms with E-state index in [1.807, 2.05) is 61.5 Å². The number of rotatable bonds is 5. The predicted molar refractivity (Wildman–Crippen MR) is 96.4 cm³/mol. The van der Waals surface area contributed by atoms with E-state index in [0.29, 0.717) is 6.42 Å². The van der Waals surface area contributed by atoms with Gasteiger partial charge in [-0.05, 0) is 30.4 Å². The third-order valence-electron chi connectivity index (χ3n) is 4.91. The molecule has 0 N–H and O–H groups in total. The van der Waals surface area contributed by atoms with Crippen LogP contribution in [0.5, 0.6) is 0 Å². The van der Waals surface area contributed by atoms with Gasteiger partial charge in [-0.3, -0.25) is 14.4 Å². The second-order valence-electron chi connectivity index (χ2n) is 6.83. The van der Waals surface area contributed by atoms with Crippen molar-refractivity contribution in [3.8, 4) is 0 Å². The van der Waals surface area contributed by atoms with Gasteiger partial charge in [-0.1, -0.05) is 60.2 Å². The second kappa shape index (κ2) is 7.56. The fourth-order valence-electron chi connectivity index (χ4n) is 3.46. The third kappa shape index (κ3) is 4.11. The van der Waals surface area contributed by atoms with Crippen LogP contribution in [0.25, 0.3) is 0 Å². The Labute approximate surface area is 148 Å². The van der Waals surface area contributed by atoms with Crippen molar-refractivity contribution in [2.24, 2.45) is 5.92 Å². The second-order valence-corrected chi connectivity index (χ2v) is 6.83. The maximum Gasteiger partial charge on any atom is 0.151 e. The van der Waals surface area contributed by atoms with E-state index in [1.165, 1.54) is 0 Å². The van der Waals surface area contributed by atoms with Crippen LogP contribution >= 0.6 is 0 Å². The smallest absolute Gasteiger partial charge is 0.151 e. The van der Waals surface area contributed by atoms with Crippen molar-refractivity contribution < 1.29 is 14.4 Å². The quantitative estimate of drug-likeness (QED) is 0.781. The molecule has 3 rings (SSSR count). The zero-order valence-corrected chi connectivity index (χ0v) is 14.4. The van der Waals surface area contributed by atoms with Gasteiger partial charge >= 0.3 is 0 Å². The van der Waals surface area contributed by atoms with Crippen molar-refractivity contribution in [3.63, 3.8) is 0 Å². The van der Waals surface area contributed by atoms with Crippen molar-refractivity contribution in [3.05, 3.63) is 71.3 Å². The maximum absolute atomic E-state index is 12.5. The number of hydrogen-bond donors (Lipinski definition) is 0. The molecule has 2 aromatic carbocycles. The molecular weight excluding hydrogens is 312 g/mol. The monoisotopic (exact) mass is 334 g/mol. The van der Waals surface area contributed by atoms with Gasteiger partial charge in [-0.15, -0.1) is 0 Å². The van der Waals surface area contributed by atoms with E-state index < -0.39 is 5.92 Å². The number of hydrogen-bond acceptors (Lipinski definition) is 3. The lowest BCUT2D eigenvalue weighted by Gasteiger charge is -2.26. The third-order valence-corrected chi connectivity index (χ3v) is 4.91. The zero-order chi connectivity index (χ0) is 17.8. The summed E-state index contributed by atoms with van der Waals surface area (Å²) in [6.07, 6.45) is 1.35. The number of carbonyl (C=O) groups is 3. The molecule has 0 saturated heterocycles. The van der Waals surface area contributed by atoms with Crippen molar-refractivity contribution in [2.75, 3.05) is 0 Å². The maximum atomic E-state index is 12.5. The van der Waals surface area contributed by atoms with Crippen LogP contribution in [0.4, 0.5) is 0 Å². The average Bonchev–Trinajstić information content (AvgIpc) is 2.61. The van der Waals surface area contributed by atoms with Gasteiger partial charge in [0.25, 0.3) is 0 Å². The highest BCUT2D eigenvalue weighted by atomic mass is 16.2. The van der Waals surface area contributed by atoms with E-state index in [2.05, 4.69) is 0 Å². The van der Waals surface area contributed by atoms with Crippen LogP contribution in [0.3, 0.4) is 0 Å². The lowest BCUT2D eigenvalue weighted by molar-refractivity contribution is -0.142. The highest BCUT2D eigenvalue weighted by Gasteiger charge is 2.39. The van der Waals surface area contributed by atoms with Crippen LogP contribution in [0.15, 0.2) is 54.6 Å². The summed E-state index contributed by atoms with van der Waals surface area (Å²) in [5, 5.41) is 0. The molecule has 3 heteroatoms. The molecule has 0 heterocycles. The van der Waals surface area contributed by atoms with E-state index in [1.54, 1.807) is 0 Å². The number of aryl methyl sites for hydroxylation is 2. The highest BCUT2D eigenvalue weighted by molar-refractivity contribution is 6.21. The molecule has 0 radical (unpaired) electrons. The van der Waals surface area contributed by atoms with E-state index in [-0.39, 0.29) is 42.5 Å². The standard InChI is InChI=1S/C22H22O3/c1-15-7-10-17(11-8-15)18-13-20(24)22(21(25)14-18)19(23)12-9-16-5-3-2-4-6-16/h2-8,10-11,18,22H,9,12-14H2,1H3. The molecule has 0 atom stereocenters. The summed E-state index contributed by atoms with van der Waals surface area (Å²) in [4.78, 5) is 37.4. The van der Waals surface area contributed by atoms with Gasteiger partial charge in [0.1, 0.15) is 5.92 Å². The van der Waals surface area contributed by atoms with Crippen LogP contribution in [-0.4, -0.2) is 17.3 Å². The lowest BCUT2D eigenvalue weighted by Crippen LogP contribution is -2.38. The first-order valence-electron chi connectivity index (χ1n) is 8.73. The van der Waals surface area contributed by atoms with Gasteiger partial charge in [-0.25, -0.2) is 0 Å². The fourth-order valence-corrected chi connectivity index (χ4v) is 3.46. The minimum absolute atomic E-state index is 0.0984. The Morgan fingerprint density at radius 1 is 0.920 bits per heavy atom. The fraction of sp³-hybridized carbons (Fsp3) is 0.318. The zero-order valence-electron chi connectivity index (χ0n) is 14.4. The molecule has 2 aromatic rings. The largest absolute Gasteiger partial charge is 0.298 e. The van der Waals surface area contributed by atoms with Crippen LogP contribution in [-0.2, 0) is 20.8 Å². The highest BCUT2D eigenvalue weighted by Crippen LogP contribution is 2.32. The van der Waals surface area contributed by atoms with Gasteiger partial charge < -0.3 is 0 Å². The van der Waals surface area contributed by atoms with Crippen LogP contribution < -0.4 is 0 Å². The Kier molecular flexibility index (Phi) is 5.22. The first kappa shape index (κ1) is 17.3. The van der Waals surface area contributed by atoms with E-state index in [0.717, 1.165) is 16.7 Å². The molecule has 0 spiro atoms. The van der Waals surface area contributed by atoms with Crippen molar-refractivity contribution in [2.45, 2.75) is 38.5 Å². The molecule has 3 nitrogen and oxygen atoms in total. The van der Waals surface area contributed by atoms with Gasteiger partial charge in [0, 0.05) is 19.3 Å². The number of benzene rings is 2. The Hall–Kier alpha value is -2.55. The molecule has 0 aromatic heterocycles. The molecular formula is C22H22O3. The van der Waals surface area contributed by atoms with Crippen molar-refractivity contribution in [1.29, 1.82) is 0 Å². The van der Waals surface area contributed by atoms with Gasteiger partial charge in [0.2, 0.25) is 0 Å². The molecule has 1 aliphatic carbocycles. The Morgan fingerprint density at radius 3 is 2.12 bits per heavy atom. The van der Waals surface area contributed by atoms with E-state index >= 15 is 0 Å². The first-order chi connectivity index (χ1) is 12.0. The van der Waals surface area contributed by atoms with Gasteiger partial charge in [0.15, 0.2) is 17.3 Å². The minimum Gasteiger partial charge on any atom is -0.298 e. The Bertz CT molecular complexity index is 757. The summed E-state index contributed by atoms with van der Waals surface area (Å²) < 4.78 is 0. The predicted octanol–water partition coefficient (Wildman–Crippen LogP) is 3.83. The molecule has 0 amide bonds. The normalized spacial score (nSPS) is 20.5. The van der Waals surface area contributed by atoms with E-state index in [4.69, 9.17) is 0 Å². The molecule has 0 aliphatic heterocycles. The van der Waals surface area contributed by atoms with Crippen LogP contribution in [0, 0.1) is 12.8 Å². The summed E-state index contributed by atoms with van der Waals surface area (Å²) in [6.45, 7) is 2.00. The number of carbonyl (C=O) groups excluding carboxylic acids is 3. The summed E-state index contributed by atoms with van der Waals surface area (Å²) >= 11 is 0. The van der Waals surface area contributed by atoms with Crippen LogP contribution in [0.2, 0.25) is 0 Å². The molecule has 1 saturated carbocycles. The summed E-state index contributed by atoms with van der Waals surface area (Å²) in [7, 11) is 0. The topological polar surface area (TPSA) is 51.2 Å². The lowest BCUT2D eigenvalue weighted by atomic mass is 9.74. The van der Waals surface area contributed by atoms with Crippen molar-refractivity contribution >= 4 is 17.3 Å². The van der Waals surface area contributed by atoms with Crippen molar-refractivity contribution in [1.82, 2.24) is 0 Å². The summed E-state index contributed by atoms with van der Waals surface area (Å²) in [6, 6.07) is 17.6. The molecule has 25 heavy (non-hydrogen) atoms. The molecule has 128 valence electrons. The van der Waals surface area contributed by atoms with Gasteiger partial charge in [-0.2, -0.15) is 0 Å².